The lowest BCUT2D eigenvalue weighted by Crippen LogP contribution is -2.36. The van der Waals surface area contributed by atoms with Gasteiger partial charge in [-0.05, 0) is 42.7 Å². The van der Waals surface area contributed by atoms with E-state index < -0.39 is 0 Å². The first kappa shape index (κ1) is 18.0. The van der Waals surface area contributed by atoms with Crippen molar-refractivity contribution >= 4 is 17.0 Å². The first-order valence-corrected chi connectivity index (χ1v) is 9.63. The summed E-state index contributed by atoms with van der Waals surface area (Å²) in [4.78, 5) is 17.3. The van der Waals surface area contributed by atoms with Crippen molar-refractivity contribution in [2.45, 2.75) is 66.0 Å². The molecule has 0 aliphatic heterocycles. The Hall–Kier alpha value is -1.84. The number of hydrogen-bond donors (Lipinski definition) is 0. The third-order valence-electron chi connectivity index (χ3n) is 5.58. The van der Waals surface area contributed by atoms with Crippen molar-refractivity contribution in [2.75, 3.05) is 0 Å². The lowest BCUT2D eigenvalue weighted by molar-refractivity contribution is -0.156. The largest absolute Gasteiger partial charge is 0.461 e. The summed E-state index contributed by atoms with van der Waals surface area (Å²) < 4.78 is 7.98. The normalized spacial score (nSPS) is 24.0. The molecule has 4 heteroatoms. The Kier molecular flexibility index (Phi) is 5.45. The van der Waals surface area contributed by atoms with Gasteiger partial charge in [-0.3, -0.25) is 4.79 Å². The van der Waals surface area contributed by atoms with Crippen LogP contribution in [0.4, 0.5) is 0 Å². The second kappa shape index (κ2) is 7.59. The molecule has 0 bridgehead atoms. The number of carbonyl (C=O) groups excluding carboxylic acids is 1. The second-order valence-corrected chi connectivity index (χ2v) is 7.81. The molecule has 1 aromatic heterocycles. The van der Waals surface area contributed by atoms with Crippen LogP contribution in [0.3, 0.4) is 0 Å². The molecule has 0 amide bonds. The van der Waals surface area contributed by atoms with E-state index in [1.165, 1.54) is 6.42 Å². The molecule has 1 fully saturated rings. The van der Waals surface area contributed by atoms with Crippen molar-refractivity contribution < 1.29 is 9.53 Å². The van der Waals surface area contributed by atoms with E-state index in [0.717, 1.165) is 36.1 Å². The lowest BCUT2D eigenvalue weighted by Gasteiger charge is -2.36. The average molecular weight is 342 g/mol. The van der Waals surface area contributed by atoms with Crippen molar-refractivity contribution in [3.63, 3.8) is 0 Å². The van der Waals surface area contributed by atoms with E-state index in [0.29, 0.717) is 17.8 Å². The van der Waals surface area contributed by atoms with Crippen LogP contribution in [-0.4, -0.2) is 21.6 Å². The molecular formula is C21H30N2O2. The standard InChI is InChI=1S/C21H30N2O2/c1-5-20-22-17-8-6-7-9-18(17)23(20)13-21(24)25-19-12-15(4)10-11-16(19)14(2)3/h6-9,14-16,19H,5,10-13H2,1-4H3/t15-,16+,19?/m0/s1. The first-order chi connectivity index (χ1) is 12.0. The van der Waals surface area contributed by atoms with E-state index in [4.69, 9.17) is 4.74 Å². The smallest absolute Gasteiger partial charge is 0.326 e. The molecule has 1 aliphatic rings. The molecule has 1 unspecified atom stereocenters. The van der Waals surface area contributed by atoms with Crippen LogP contribution in [0.25, 0.3) is 11.0 Å². The maximum atomic E-state index is 12.7. The van der Waals surface area contributed by atoms with Crippen LogP contribution >= 0.6 is 0 Å². The van der Waals surface area contributed by atoms with Gasteiger partial charge in [0.15, 0.2) is 0 Å². The van der Waals surface area contributed by atoms with Crippen molar-refractivity contribution in [3.05, 3.63) is 30.1 Å². The van der Waals surface area contributed by atoms with Gasteiger partial charge in [-0.2, -0.15) is 0 Å². The molecule has 136 valence electrons. The zero-order valence-electron chi connectivity index (χ0n) is 15.9. The van der Waals surface area contributed by atoms with Crippen molar-refractivity contribution in [2.24, 2.45) is 17.8 Å². The topological polar surface area (TPSA) is 44.1 Å². The summed E-state index contributed by atoms with van der Waals surface area (Å²) >= 11 is 0. The van der Waals surface area contributed by atoms with Crippen LogP contribution in [0.15, 0.2) is 24.3 Å². The third kappa shape index (κ3) is 3.88. The Morgan fingerprint density at radius 3 is 2.80 bits per heavy atom. The van der Waals surface area contributed by atoms with Crippen LogP contribution in [-0.2, 0) is 22.5 Å². The van der Waals surface area contributed by atoms with Crippen molar-refractivity contribution in [3.8, 4) is 0 Å². The van der Waals surface area contributed by atoms with Gasteiger partial charge >= 0.3 is 5.97 Å². The number of benzene rings is 1. The number of esters is 1. The number of hydrogen-bond acceptors (Lipinski definition) is 3. The predicted octanol–water partition coefficient (Wildman–Crippen LogP) is 4.60. The fraction of sp³-hybridized carbons (Fsp3) is 0.619. The van der Waals surface area contributed by atoms with Crippen LogP contribution in [0.2, 0.25) is 0 Å². The average Bonchev–Trinajstić information content (AvgIpc) is 2.92. The molecule has 1 aliphatic carbocycles. The van der Waals surface area contributed by atoms with Gasteiger partial charge in [0, 0.05) is 6.42 Å². The SMILES string of the molecule is CCc1nc2ccccc2n1CC(=O)OC1C[C@@H](C)CC[C@@H]1C(C)C. The van der Waals surface area contributed by atoms with Gasteiger partial charge in [0.1, 0.15) is 18.5 Å². The molecule has 3 rings (SSSR count). The van der Waals surface area contributed by atoms with Crippen molar-refractivity contribution in [1.82, 2.24) is 9.55 Å². The molecule has 1 aromatic carbocycles. The van der Waals surface area contributed by atoms with Gasteiger partial charge in [-0.1, -0.05) is 46.2 Å². The minimum atomic E-state index is -0.136. The number of aryl methyl sites for hydroxylation is 1. The number of aromatic nitrogens is 2. The number of rotatable bonds is 5. The Bertz CT molecular complexity index is 735. The molecule has 4 nitrogen and oxygen atoms in total. The number of nitrogens with zero attached hydrogens (tertiary/aromatic N) is 2. The molecule has 1 saturated carbocycles. The van der Waals surface area contributed by atoms with E-state index in [2.05, 4.69) is 32.7 Å². The molecule has 0 radical (unpaired) electrons. The Labute approximate surface area is 150 Å². The van der Waals surface area contributed by atoms with Crippen LogP contribution in [0, 0.1) is 17.8 Å². The van der Waals surface area contributed by atoms with E-state index in [1.54, 1.807) is 0 Å². The second-order valence-electron chi connectivity index (χ2n) is 7.81. The predicted molar refractivity (Wildman–Crippen MR) is 100 cm³/mol. The summed E-state index contributed by atoms with van der Waals surface area (Å²) in [5, 5.41) is 0. The van der Waals surface area contributed by atoms with E-state index >= 15 is 0 Å². The van der Waals surface area contributed by atoms with Gasteiger partial charge in [0.2, 0.25) is 0 Å². The van der Waals surface area contributed by atoms with Gasteiger partial charge in [-0.25, -0.2) is 4.98 Å². The monoisotopic (exact) mass is 342 g/mol. The molecule has 1 heterocycles. The van der Waals surface area contributed by atoms with Crippen LogP contribution < -0.4 is 0 Å². The fourth-order valence-electron chi connectivity index (χ4n) is 4.16. The number of para-hydroxylation sites is 2. The third-order valence-corrected chi connectivity index (χ3v) is 5.58. The number of carbonyl (C=O) groups is 1. The quantitative estimate of drug-likeness (QED) is 0.746. The maximum absolute atomic E-state index is 12.7. The summed E-state index contributed by atoms with van der Waals surface area (Å²) in [5.74, 6) is 2.46. The van der Waals surface area contributed by atoms with Gasteiger partial charge in [-0.15, -0.1) is 0 Å². The molecule has 0 spiro atoms. The highest BCUT2D eigenvalue weighted by Crippen LogP contribution is 2.35. The summed E-state index contributed by atoms with van der Waals surface area (Å²) in [6.07, 6.45) is 4.24. The van der Waals surface area contributed by atoms with Gasteiger partial charge in [0.25, 0.3) is 0 Å². The summed E-state index contributed by atoms with van der Waals surface area (Å²) in [5.41, 5.74) is 1.95. The molecule has 2 aromatic rings. The summed E-state index contributed by atoms with van der Waals surface area (Å²) in [6.45, 7) is 9.05. The summed E-state index contributed by atoms with van der Waals surface area (Å²) in [6, 6.07) is 7.99. The molecule has 3 atom stereocenters. The van der Waals surface area contributed by atoms with Gasteiger partial charge < -0.3 is 9.30 Å². The number of imidazole rings is 1. The van der Waals surface area contributed by atoms with Gasteiger partial charge in [0.05, 0.1) is 11.0 Å². The Morgan fingerprint density at radius 2 is 2.08 bits per heavy atom. The van der Waals surface area contributed by atoms with Crippen molar-refractivity contribution in [1.29, 1.82) is 0 Å². The highest BCUT2D eigenvalue weighted by atomic mass is 16.5. The first-order valence-electron chi connectivity index (χ1n) is 9.63. The minimum Gasteiger partial charge on any atom is -0.461 e. The summed E-state index contributed by atoms with van der Waals surface area (Å²) in [7, 11) is 0. The zero-order valence-corrected chi connectivity index (χ0v) is 15.9. The Morgan fingerprint density at radius 1 is 1.32 bits per heavy atom. The van der Waals surface area contributed by atoms with Crippen LogP contribution in [0.1, 0.15) is 52.8 Å². The highest BCUT2D eigenvalue weighted by molar-refractivity contribution is 5.79. The Balaban J connectivity index is 1.76. The van der Waals surface area contributed by atoms with E-state index in [1.807, 2.05) is 28.8 Å². The number of ether oxygens (including phenoxy) is 1. The molecule has 0 saturated heterocycles. The van der Waals surface area contributed by atoms with E-state index in [-0.39, 0.29) is 18.6 Å². The fourth-order valence-corrected chi connectivity index (χ4v) is 4.16. The molecule has 0 N–H and O–H groups in total. The molecular weight excluding hydrogens is 312 g/mol. The lowest BCUT2D eigenvalue weighted by atomic mass is 9.75. The minimum absolute atomic E-state index is 0.0520. The highest BCUT2D eigenvalue weighted by Gasteiger charge is 2.33. The molecule has 25 heavy (non-hydrogen) atoms. The maximum Gasteiger partial charge on any atom is 0.326 e. The zero-order chi connectivity index (χ0) is 18.0. The van der Waals surface area contributed by atoms with Crippen LogP contribution in [0.5, 0.6) is 0 Å². The number of fused-ring (bicyclic) bond motifs is 1. The van der Waals surface area contributed by atoms with E-state index in [9.17, 15) is 4.79 Å².